The van der Waals surface area contributed by atoms with Gasteiger partial charge in [0.25, 0.3) is 5.91 Å². The second-order valence-electron chi connectivity index (χ2n) is 8.35. The first-order valence-electron chi connectivity index (χ1n) is 10.8. The van der Waals surface area contributed by atoms with Gasteiger partial charge in [-0.3, -0.25) is 4.79 Å². The molecule has 2 aromatic rings. The van der Waals surface area contributed by atoms with Crippen LogP contribution in [0.2, 0.25) is 0 Å². The summed E-state index contributed by atoms with van der Waals surface area (Å²) in [5, 5.41) is 3.36. The number of carbonyl (C=O) groups is 1. The van der Waals surface area contributed by atoms with E-state index in [0.717, 1.165) is 49.3 Å². The van der Waals surface area contributed by atoms with Crippen molar-refractivity contribution in [2.24, 2.45) is 0 Å². The highest BCUT2D eigenvalue weighted by atomic mass is 19.1. The molecule has 158 valence electrons. The topological polar surface area (TPSA) is 57.7 Å². The van der Waals surface area contributed by atoms with E-state index in [1.54, 1.807) is 11.1 Å². The molecule has 1 N–H and O–H groups in total. The average Bonchev–Trinajstić information content (AvgIpc) is 2.96. The predicted molar refractivity (Wildman–Crippen MR) is 115 cm³/mol. The Kier molecular flexibility index (Phi) is 5.06. The van der Waals surface area contributed by atoms with Gasteiger partial charge >= 0.3 is 0 Å². The number of hydrogen-bond acceptors (Lipinski definition) is 5. The van der Waals surface area contributed by atoms with Gasteiger partial charge in [-0.1, -0.05) is 12.5 Å². The van der Waals surface area contributed by atoms with Crippen LogP contribution in [-0.2, 0) is 16.1 Å². The standard InChI is InChI=1S/C23H27FN4O2/c24-23(8-2-1-3-9-23)22(29)28-16-17-5-4-10-25-21(17)26-19-7-6-18(15-20(19)28)27-11-13-30-14-12-27/h4-7,10,15H,1-3,8-9,11-14,16H2,(H,25,26). The molecule has 1 aromatic heterocycles. The van der Waals surface area contributed by atoms with E-state index in [1.165, 1.54) is 0 Å². The lowest BCUT2D eigenvalue weighted by Crippen LogP contribution is -2.47. The van der Waals surface area contributed by atoms with E-state index < -0.39 is 11.6 Å². The van der Waals surface area contributed by atoms with Gasteiger partial charge in [0.1, 0.15) is 5.82 Å². The minimum Gasteiger partial charge on any atom is -0.378 e. The molecule has 0 bridgehead atoms. The molecule has 0 unspecified atom stereocenters. The van der Waals surface area contributed by atoms with Gasteiger partial charge in [0.05, 0.1) is 31.1 Å². The number of morpholine rings is 1. The second kappa shape index (κ2) is 7.87. The third kappa shape index (κ3) is 3.51. The Bertz CT molecular complexity index is 939. The molecule has 6 nitrogen and oxygen atoms in total. The molecule has 7 heteroatoms. The number of aromatic nitrogens is 1. The lowest BCUT2D eigenvalue weighted by molar-refractivity contribution is -0.132. The molecular weight excluding hydrogens is 383 g/mol. The van der Waals surface area contributed by atoms with Crippen LogP contribution in [0.5, 0.6) is 0 Å². The molecule has 1 saturated carbocycles. The summed E-state index contributed by atoms with van der Waals surface area (Å²) in [5.74, 6) is 0.283. The minimum atomic E-state index is -1.79. The highest BCUT2D eigenvalue weighted by Crippen LogP contribution is 2.41. The smallest absolute Gasteiger partial charge is 0.265 e. The number of fused-ring (bicyclic) bond motifs is 2. The maximum atomic E-state index is 15.8. The van der Waals surface area contributed by atoms with Crippen LogP contribution in [0.4, 0.5) is 27.3 Å². The molecule has 1 aromatic carbocycles. The van der Waals surface area contributed by atoms with Crippen LogP contribution in [0.25, 0.3) is 0 Å². The Hall–Kier alpha value is -2.67. The summed E-state index contributed by atoms with van der Waals surface area (Å²) in [5.41, 5.74) is 1.60. The number of pyridine rings is 1. The van der Waals surface area contributed by atoms with E-state index in [9.17, 15) is 4.79 Å². The van der Waals surface area contributed by atoms with Gasteiger partial charge in [-0.15, -0.1) is 0 Å². The lowest BCUT2D eigenvalue weighted by Gasteiger charge is -2.35. The monoisotopic (exact) mass is 410 g/mol. The number of alkyl halides is 1. The van der Waals surface area contributed by atoms with Crippen LogP contribution < -0.4 is 15.1 Å². The Morgan fingerprint density at radius 2 is 1.93 bits per heavy atom. The van der Waals surface area contributed by atoms with E-state index in [4.69, 9.17) is 4.74 Å². The highest BCUT2D eigenvalue weighted by Gasteiger charge is 2.44. The van der Waals surface area contributed by atoms with Crippen molar-refractivity contribution in [3.63, 3.8) is 0 Å². The van der Waals surface area contributed by atoms with Crippen LogP contribution in [0.3, 0.4) is 0 Å². The fourth-order valence-corrected chi connectivity index (χ4v) is 4.68. The van der Waals surface area contributed by atoms with Crippen molar-refractivity contribution in [3.05, 3.63) is 42.1 Å². The molecular formula is C23H27FN4O2. The Morgan fingerprint density at radius 1 is 1.13 bits per heavy atom. The fourth-order valence-electron chi connectivity index (χ4n) is 4.68. The van der Waals surface area contributed by atoms with Crippen molar-refractivity contribution < 1.29 is 13.9 Å². The fraction of sp³-hybridized carbons (Fsp3) is 0.478. The van der Waals surface area contributed by atoms with Crippen LogP contribution in [0, 0.1) is 0 Å². The third-order valence-corrected chi connectivity index (χ3v) is 6.40. The van der Waals surface area contributed by atoms with E-state index in [0.29, 0.717) is 44.1 Å². The van der Waals surface area contributed by atoms with Crippen molar-refractivity contribution in [2.75, 3.05) is 41.4 Å². The quantitative estimate of drug-likeness (QED) is 0.805. The number of halogens is 1. The maximum Gasteiger partial charge on any atom is 0.265 e. The lowest BCUT2D eigenvalue weighted by atomic mass is 9.85. The van der Waals surface area contributed by atoms with Gasteiger partial charge < -0.3 is 19.9 Å². The zero-order valence-corrected chi connectivity index (χ0v) is 17.1. The SMILES string of the molecule is O=C(N1Cc2cccnc2Nc2ccc(N3CCOCC3)cc21)C1(F)CCCCC1. The molecule has 2 aliphatic heterocycles. The molecule has 1 aliphatic carbocycles. The van der Waals surface area contributed by atoms with Crippen LogP contribution >= 0.6 is 0 Å². The van der Waals surface area contributed by atoms with Crippen molar-refractivity contribution in [3.8, 4) is 0 Å². The maximum absolute atomic E-state index is 15.8. The zero-order valence-electron chi connectivity index (χ0n) is 17.1. The molecule has 0 radical (unpaired) electrons. The van der Waals surface area contributed by atoms with Crippen LogP contribution in [0.15, 0.2) is 36.5 Å². The summed E-state index contributed by atoms with van der Waals surface area (Å²) in [7, 11) is 0. The largest absolute Gasteiger partial charge is 0.378 e. The number of nitrogens with one attached hydrogen (secondary N) is 1. The Labute approximate surface area is 176 Å². The molecule has 30 heavy (non-hydrogen) atoms. The summed E-state index contributed by atoms with van der Waals surface area (Å²) in [6.07, 6.45) is 4.83. The van der Waals surface area contributed by atoms with Gasteiger partial charge in [-0.25, -0.2) is 9.37 Å². The van der Waals surface area contributed by atoms with Crippen LogP contribution in [-0.4, -0.2) is 42.9 Å². The van der Waals surface area contributed by atoms with Gasteiger partial charge in [-0.2, -0.15) is 0 Å². The van der Waals surface area contributed by atoms with E-state index >= 15 is 4.39 Å². The molecule has 3 aliphatic rings. The number of anilines is 4. The second-order valence-corrected chi connectivity index (χ2v) is 8.35. The Morgan fingerprint density at radius 3 is 2.73 bits per heavy atom. The van der Waals surface area contributed by atoms with Gasteiger partial charge in [-0.05, 0) is 49.9 Å². The van der Waals surface area contributed by atoms with E-state index in [-0.39, 0.29) is 0 Å². The first-order valence-corrected chi connectivity index (χ1v) is 10.8. The first-order chi connectivity index (χ1) is 14.6. The number of ether oxygens (including phenoxy) is 1. The summed E-state index contributed by atoms with van der Waals surface area (Å²) >= 11 is 0. The molecule has 2 fully saturated rings. The third-order valence-electron chi connectivity index (χ3n) is 6.40. The minimum absolute atomic E-state index is 0.300. The molecule has 5 rings (SSSR count). The normalized spacial score (nSPS) is 20.6. The van der Waals surface area contributed by atoms with E-state index in [1.807, 2.05) is 30.3 Å². The number of amides is 1. The summed E-state index contributed by atoms with van der Waals surface area (Å²) in [6, 6.07) is 9.81. The van der Waals surface area contributed by atoms with Crippen molar-refractivity contribution >= 4 is 28.8 Å². The van der Waals surface area contributed by atoms with Crippen molar-refractivity contribution in [2.45, 2.75) is 44.3 Å². The first kappa shape index (κ1) is 19.3. The number of benzene rings is 1. The number of carbonyl (C=O) groups excluding carboxylic acids is 1. The molecule has 1 amide bonds. The Balaban J connectivity index is 1.57. The zero-order chi connectivity index (χ0) is 20.6. The predicted octanol–water partition coefficient (Wildman–Crippen LogP) is 4.18. The highest BCUT2D eigenvalue weighted by molar-refractivity contribution is 6.03. The van der Waals surface area contributed by atoms with Gasteiger partial charge in [0, 0.05) is 30.5 Å². The molecule has 1 saturated heterocycles. The molecule has 0 spiro atoms. The number of rotatable bonds is 2. The van der Waals surface area contributed by atoms with Crippen molar-refractivity contribution in [1.29, 1.82) is 0 Å². The van der Waals surface area contributed by atoms with Crippen molar-refractivity contribution in [1.82, 2.24) is 4.98 Å². The molecule has 0 atom stereocenters. The average molecular weight is 410 g/mol. The number of nitrogens with zero attached hydrogens (tertiary/aromatic N) is 3. The van der Waals surface area contributed by atoms with Gasteiger partial charge in [0.2, 0.25) is 0 Å². The summed E-state index contributed by atoms with van der Waals surface area (Å²) in [6.45, 7) is 3.27. The summed E-state index contributed by atoms with van der Waals surface area (Å²) < 4.78 is 21.2. The summed E-state index contributed by atoms with van der Waals surface area (Å²) in [4.78, 5) is 21.9. The van der Waals surface area contributed by atoms with Gasteiger partial charge in [0.15, 0.2) is 5.67 Å². The van der Waals surface area contributed by atoms with Crippen LogP contribution in [0.1, 0.15) is 37.7 Å². The number of hydrogen-bond donors (Lipinski definition) is 1. The van der Waals surface area contributed by atoms with E-state index in [2.05, 4.69) is 15.2 Å². The molecule has 3 heterocycles.